The van der Waals surface area contributed by atoms with Gasteiger partial charge in [0.1, 0.15) is 0 Å². The van der Waals surface area contributed by atoms with E-state index in [-0.39, 0.29) is 17.9 Å². The molecule has 3 rings (SSSR count). The summed E-state index contributed by atoms with van der Waals surface area (Å²) in [5.41, 5.74) is 2.62. The smallest absolute Gasteiger partial charge is 0.245 e. The highest BCUT2D eigenvalue weighted by molar-refractivity contribution is 7.92. The number of hydrazone groups is 1. The van der Waals surface area contributed by atoms with Crippen LogP contribution in [0.3, 0.4) is 0 Å². The first-order valence-corrected chi connectivity index (χ1v) is 11.2. The summed E-state index contributed by atoms with van der Waals surface area (Å²) in [6.07, 6.45) is 1.56. The van der Waals surface area contributed by atoms with Gasteiger partial charge in [0.05, 0.1) is 23.7 Å². The molecule has 1 N–H and O–H groups in total. The molecule has 0 fully saturated rings. The number of halogens is 1. The van der Waals surface area contributed by atoms with Crippen molar-refractivity contribution in [2.45, 2.75) is 26.3 Å². The molecule has 8 heteroatoms. The third-order valence-electron chi connectivity index (χ3n) is 4.40. The molecule has 0 radical (unpaired) electrons. The van der Waals surface area contributed by atoms with Gasteiger partial charge in [-0.1, -0.05) is 55.8 Å². The van der Waals surface area contributed by atoms with E-state index in [0.717, 1.165) is 11.8 Å². The first kappa shape index (κ1) is 20.4. The topological polar surface area (TPSA) is 78.8 Å². The lowest BCUT2D eigenvalue weighted by molar-refractivity contribution is -0.136. The monoisotopic (exact) mass is 419 g/mol. The fourth-order valence-corrected chi connectivity index (χ4v) is 3.91. The SMILES string of the molecule is CC(C)C(=O)N1N=C(c2ccccc2NS(C)(=O)=O)CC1c1cccc(Cl)c1. The summed E-state index contributed by atoms with van der Waals surface area (Å²) in [5.74, 6) is -0.331. The molecule has 148 valence electrons. The first-order valence-electron chi connectivity index (χ1n) is 8.89. The van der Waals surface area contributed by atoms with Gasteiger partial charge in [0.2, 0.25) is 15.9 Å². The zero-order valence-electron chi connectivity index (χ0n) is 15.9. The summed E-state index contributed by atoms with van der Waals surface area (Å²) in [7, 11) is -3.45. The molecule has 1 heterocycles. The molecule has 0 aromatic heterocycles. The third kappa shape index (κ3) is 4.54. The van der Waals surface area contributed by atoms with Crippen LogP contribution in [-0.4, -0.2) is 31.3 Å². The van der Waals surface area contributed by atoms with Gasteiger partial charge in [0, 0.05) is 22.9 Å². The van der Waals surface area contributed by atoms with Crippen LogP contribution < -0.4 is 4.72 Å². The van der Waals surface area contributed by atoms with Gasteiger partial charge in [-0.2, -0.15) is 5.10 Å². The second kappa shape index (κ2) is 7.93. The zero-order valence-corrected chi connectivity index (χ0v) is 17.5. The van der Waals surface area contributed by atoms with Crippen LogP contribution in [0.15, 0.2) is 53.6 Å². The molecule has 1 amide bonds. The fraction of sp³-hybridized carbons (Fsp3) is 0.300. The highest BCUT2D eigenvalue weighted by Gasteiger charge is 2.34. The minimum absolute atomic E-state index is 0.103. The predicted octanol–water partition coefficient (Wildman–Crippen LogP) is 4.05. The number of hydrogen-bond donors (Lipinski definition) is 1. The van der Waals surface area contributed by atoms with E-state index in [9.17, 15) is 13.2 Å². The molecule has 0 spiro atoms. The molecule has 1 aliphatic rings. The minimum Gasteiger partial charge on any atom is -0.283 e. The van der Waals surface area contributed by atoms with Gasteiger partial charge < -0.3 is 0 Å². The molecule has 28 heavy (non-hydrogen) atoms. The number of para-hydroxylation sites is 1. The van der Waals surface area contributed by atoms with Crippen molar-refractivity contribution in [1.82, 2.24) is 5.01 Å². The summed E-state index contributed by atoms with van der Waals surface area (Å²) in [5, 5.41) is 6.65. The van der Waals surface area contributed by atoms with Crippen LogP contribution in [0.1, 0.15) is 37.4 Å². The Balaban J connectivity index is 2.04. The van der Waals surface area contributed by atoms with Crippen molar-refractivity contribution in [3.63, 3.8) is 0 Å². The number of amides is 1. The Labute approximate surface area is 170 Å². The molecular formula is C20H22ClN3O3S. The molecule has 0 saturated carbocycles. The largest absolute Gasteiger partial charge is 0.283 e. The Morgan fingerprint density at radius 3 is 2.57 bits per heavy atom. The van der Waals surface area contributed by atoms with Crippen molar-refractivity contribution in [2.75, 3.05) is 11.0 Å². The van der Waals surface area contributed by atoms with Gasteiger partial charge in [-0.15, -0.1) is 0 Å². The first-order chi connectivity index (χ1) is 13.2. The summed E-state index contributed by atoms with van der Waals surface area (Å²) in [6.45, 7) is 3.65. The molecule has 2 aromatic carbocycles. The van der Waals surface area contributed by atoms with Crippen LogP contribution in [0.4, 0.5) is 5.69 Å². The highest BCUT2D eigenvalue weighted by atomic mass is 35.5. The van der Waals surface area contributed by atoms with Crippen molar-refractivity contribution in [1.29, 1.82) is 0 Å². The van der Waals surface area contributed by atoms with E-state index in [4.69, 9.17) is 11.6 Å². The Bertz CT molecular complexity index is 1030. The van der Waals surface area contributed by atoms with Crippen LogP contribution in [0.5, 0.6) is 0 Å². The van der Waals surface area contributed by atoms with E-state index >= 15 is 0 Å². The van der Waals surface area contributed by atoms with Gasteiger partial charge in [-0.05, 0) is 23.8 Å². The maximum atomic E-state index is 12.8. The van der Waals surface area contributed by atoms with Crippen LogP contribution in [-0.2, 0) is 14.8 Å². The molecule has 0 aliphatic carbocycles. The Hall–Kier alpha value is -2.38. The van der Waals surface area contributed by atoms with Crippen LogP contribution in [0, 0.1) is 5.92 Å². The minimum atomic E-state index is -3.45. The average Bonchev–Trinajstić information content (AvgIpc) is 3.05. The third-order valence-corrected chi connectivity index (χ3v) is 5.22. The quantitative estimate of drug-likeness (QED) is 0.794. The van der Waals surface area contributed by atoms with Crippen LogP contribution in [0.25, 0.3) is 0 Å². The van der Waals surface area contributed by atoms with Crippen molar-refractivity contribution in [3.05, 3.63) is 64.7 Å². The molecule has 6 nitrogen and oxygen atoms in total. The number of sulfonamides is 1. The second-order valence-corrected chi connectivity index (χ2v) is 9.26. The number of rotatable bonds is 5. The molecule has 0 bridgehead atoms. The molecular weight excluding hydrogens is 398 g/mol. The van der Waals surface area contributed by atoms with E-state index in [1.54, 1.807) is 24.3 Å². The number of carbonyl (C=O) groups is 1. The second-order valence-electron chi connectivity index (χ2n) is 7.08. The number of carbonyl (C=O) groups excluding carboxylic acids is 1. The van der Waals surface area contributed by atoms with Crippen molar-refractivity contribution < 1.29 is 13.2 Å². The Kier molecular flexibility index (Phi) is 5.76. The summed E-state index contributed by atoms with van der Waals surface area (Å²) < 4.78 is 26.0. The molecule has 1 atom stereocenters. The van der Waals surface area contributed by atoms with Gasteiger partial charge >= 0.3 is 0 Å². The van der Waals surface area contributed by atoms with Gasteiger partial charge in [-0.25, -0.2) is 13.4 Å². The average molecular weight is 420 g/mol. The van der Waals surface area contributed by atoms with E-state index in [1.807, 2.05) is 38.1 Å². The Morgan fingerprint density at radius 2 is 1.93 bits per heavy atom. The maximum Gasteiger partial charge on any atom is 0.245 e. The number of anilines is 1. The standard InChI is InChI=1S/C20H22ClN3O3S/c1-13(2)20(25)24-19(14-7-6-8-15(21)11-14)12-18(22-24)16-9-4-5-10-17(16)23-28(3,26)27/h4-11,13,19,23H,12H2,1-3H3. The lowest BCUT2D eigenvalue weighted by Gasteiger charge is -2.23. The van der Waals surface area contributed by atoms with E-state index < -0.39 is 10.0 Å². The van der Waals surface area contributed by atoms with Crippen molar-refractivity contribution >= 4 is 38.9 Å². The lowest BCUT2D eigenvalue weighted by atomic mass is 9.97. The van der Waals surface area contributed by atoms with Crippen LogP contribution in [0.2, 0.25) is 5.02 Å². The van der Waals surface area contributed by atoms with Gasteiger partial charge in [0.15, 0.2) is 0 Å². The molecule has 1 unspecified atom stereocenters. The van der Waals surface area contributed by atoms with Crippen LogP contribution >= 0.6 is 11.6 Å². The Morgan fingerprint density at radius 1 is 1.21 bits per heavy atom. The number of nitrogens with zero attached hydrogens (tertiary/aromatic N) is 2. The number of nitrogens with one attached hydrogen (secondary N) is 1. The number of hydrogen-bond acceptors (Lipinski definition) is 4. The molecule has 0 saturated heterocycles. The normalized spacial score (nSPS) is 17.0. The molecule has 1 aliphatic heterocycles. The fourth-order valence-electron chi connectivity index (χ4n) is 3.14. The highest BCUT2D eigenvalue weighted by Crippen LogP contribution is 2.36. The summed E-state index contributed by atoms with van der Waals surface area (Å²) in [6, 6.07) is 14.1. The van der Waals surface area contributed by atoms with E-state index in [0.29, 0.717) is 28.4 Å². The summed E-state index contributed by atoms with van der Waals surface area (Å²) >= 11 is 6.15. The van der Waals surface area contributed by atoms with E-state index in [2.05, 4.69) is 9.82 Å². The van der Waals surface area contributed by atoms with Crippen molar-refractivity contribution in [3.8, 4) is 0 Å². The summed E-state index contributed by atoms with van der Waals surface area (Å²) in [4.78, 5) is 12.8. The maximum absolute atomic E-state index is 12.8. The predicted molar refractivity (Wildman–Crippen MR) is 112 cm³/mol. The van der Waals surface area contributed by atoms with Gasteiger partial charge in [-0.3, -0.25) is 9.52 Å². The molecule has 2 aromatic rings. The van der Waals surface area contributed by atoms with Gasteiger partial charge in [0.25, 0.3) is 0 Å². The lowest BCUT2D eigenvalue weighted by Crippen LogP contribution is -2.30. The number of benzene rings is 2. The zero-order chi connectivity index (χ0) is 20.5. The van der Waals surface area contributed by atoms with Crippen molar-refractivity contribution in [2.24, 2.45) is 11.0 Å². The van der Waals surface area contributed by atoms with E-state index in [1.165, 1.54) is 5.01 Å².